The van der Waals surface area contributed by atoms with Gasteiger partial charge in [0.1, 0.15) is 12.8 Å². The van der Waals surface area contributed by atoms with E-state index < -0.39 is 0 Å². The molecule has 0 unspecified atom stereocenters. The minimum atomic E-state index is -0.272. The van der Waals surface area contributed by atoms with Crippen molar-refractivity contribution in [3.63, 3.8) is 0 Å². The molecule has 0 N–H and O–H groups in total. The molecule has 94 valence electrons. The van der Waals surface area contributed by atoms with E-state index in [1.165, 1.54) is 7.11 Å². The van der Waals surface area contributed by atoms with Crippen molar-refractivity contribution < 1.29 is 4.84 Å². The Morgan fingerprint density at radius 1 is 1.11 bits per heavy atom. The number of benzene rings is 1. The van der Waals surface area contributed by atoms with Gasteiger partial charge in [-0.2, -0.15) is 0 Å². The van der Waals surface area contributed by atoms with Gasteiger partial charge in [0.25, 0.3) is 0 Å². The van der Waals surface area contributed by atoms with E-state index in [2.05, 4.69) is 10.1 Å². The summed E-state index contributed by atoms with van der Waals surface area (Å²) < 4.78 is 0. The first-order valence-electron chi connectivity index (χ1n) is 5.78. The average Bonchev–Trinajstić information content (AvgIpc) is 2.49. The number of hydrogen-bond acceptors (Lipinski definition) is 4. The molecule has 0 spiro atoms. The lowest BCUT2D eigenvalue weighted by atomic mass is 10.1. The van der Waals surface area contributed by atoms with Gasteiger partial charge in [0.2, 0.25) is 0 Å². The molecule has 5 nitrogen and oxygen atoms in total. The van der Waals surface area contributed by atoms with Crippen molar-refractivity contribution in [2.75, 3.05) is 7.11 Å². The number of fused-ring (bicyclic) bond motifs is 1. The Balaban J connectivity index is 2.42. The summed E-state index contributed by atoms with van der Waals surface area (Å²) in [5.74, 6) is 0. The van der Waals surface area contributed by atoms with Gasteiger partial charge in [0, 0.05) is 23.3 Å². The maximum atomic E-state index is 12.1. The molecule has 0 fully saturated rings. The molecule has 1 aromatic carbocycles. The van der Waals surface area contributed by atoms with Gasteiger partial charge in [0.05, 0.1) is 5.39 Å². The molecule has 0 aliphatic carbocycles. The summed E-state index contributed by atoms with van der Waals surface area (Å²) in [6, 6.07) is 11.0. The molecule has 0 aliphatic heterocycles. The lowest BCUT2D eigenvalue weighted by Crippen LogP contribution is -2.28. The zero-order valence-corrected chi connectivity index (χ0v) is 10.3. The maximum absolute atomic E-state index is 12.1. The molecule has 19 heavy (non-hydrogen) atoms. The molecule has 5 heteroatoms. The van der Waals surface area contributed by atoms with Crippen LogP contribution in [0.2, 0.25) is 0 Å². The molecule has 2 aromatic heterocycles. The minimum Gasteiger partial charge on any atom is -0.397 e. The molecule has 3 aromatic rings. The van der Waals surface area contributed by atoms with Gasteiger partial charge in [0.15, 0.2) is 0 Å². The second-order valence-corrected chi connectivity index (χ2v) is 4.00. The topological polar surface area (TPSA) is 57.0 Å². The van der Waals surface area contributed by atoms with Crippen molar-refractivity contribution in [1.82, 2.24) is 14.9 Å². The third-order valence-electron chi connectivity index (χ3n) is 2.89. The largest absolute Gasteiger partial charge is 0.397 e. The predicted octanol–water partition coefficient (Wildman–Crippen LogP) is 1.52. The fourth-order valence-corrected chi connectivity index (χ4v) is 2.01. The van der Waals surface area contributed by atoms with E-state index in [0.29, 0.717) is 11.1 Å². The smallest absolute Gasteiger partial charge is 0.310 e. The Labute approximate surface area is 109 Å². The summed E-state index contributed by atoms with van der Waals surface area (Å²) in [7, 11) is 1.41. The lowest BCUT2D eigenvalue weighted by Gasteiger charge is -2.08. The molecule has 0 saturated carbocycles. The van der Waals surface area contributed by atoms with Crippen LogP contribution in [0.3, 0.4) is 0 Å². The van der Waals surface area contributed by atoms with E-state index in [4.69, 9.17) is 4.84 Å². The van der Waals surface area contributed by atoms with E-state index in [1.807, 2.05) is 30.3 Å². The van der Waals surface area contributed by atoms with Crippen LogP contribution in [0, 0.1) is 0 Å². The SMILES string of the molecule is COn1nc(-c2cccnc2)c2ccccc2c1=O. The second-order valence-electron chi connectivity index (χ2n) is 4.00. The fourth-order valence-electron chi connectivity index (χ4n) is 2.01. The normalized spacial score (nSPS) is 10.6. The number of pyridine rings is 1. The van der Waals surface area contributed by atoms with Gasteiger partial charge in [-0.25, -0.2) is 0 Å². The van der Waals surface area contributed by atoms with Gasteiger partial charge >= 0.3 is 5.56 Å². The van der Waals surface area contributed by atoms with Crippen molar-refractivity contribution in [2.24, 2.45) is 0 Å². The molecule has 0 bridgehead atoms. The summed E-state index contributed by atoms with van der Waals surface area (Å²) in [5.41, 5.74) is 1.24. The lowest BCUT2D eigenvalue weighted by molar-refractivity contribution is 0.123. The van der Waals surface area contributed by atoms with Crippen molar-refractivity contribution in [3.8, 4) is 11.3 Å². The quantitative estimate of drug-likeness (QED) is 0.694. The van der Waals surface area contributed by atoms with Crippen molar-refractivity contribution in [1.29, 1.82) is 0 Å². The Kier molecular flexibility index (Phi) is 2.72. The first kappa shape index (κ1) is 11.4. The highest BCUT2D eigenvalue weighted by Gasteiger charge is 2.11. The number of rotatable bonds is 2. The second kappa shape index (κ2) is 4.53. The van der Waals surface area contributed by atoms with E-state index in [0.717, 1.165) is 15.8 Å². The molecule has 0 saturated heterocycles. The van der Waals surface area contributed by atoms with Crippen LogP contribution in [0.5, 0.6) is 0 Å². The third kappa shape index (κ3) is 1.85. The zero-order chi connectivity index (χ0) is 13.2. The fraction of sp³-hybridized carbons (Fsp3) is 0.0714. The van der Waals surface area contributed by atoms with Crippen LogP contribution in [0.25, 0.3) is 22.0 Å². The van der Waals surface area contributed by atoms with Crippen molar-refractivity contribution >= 4 is 10.8 Å². The summed E-state index contributed by atoms with van der Waals surface area (Å²) in [4.78, 5) is 22.2. The Morgan fingerprint density at radius 2 is 1.89 bits per heavy atom. The highest BCUT2D eigenvalue weighted by atomic mass is 16.7. The van der Waals surface area contributed by atoms with Gasteiger partial charge in [-0.15, -0.1) is 5.10 Å². The molecular weight excluding hydrogens is 242 g/mol. The molecule has 0 atom stereocenters. The maximum Gasteiger partial charge on any atom is 0.310 e. The molecular formula is C14H11N3O2. The van der Waals surface area contributed by atoms with Crippen molar-refractivity contribution in [2.45, 2.75) is 0 Å². The Bertz CT molecular complexity index is 782. The van der Waals surface area contributed by atoms with Crippen LogP contribution in [0.15, 0.2) is 53.6 Å². The number of hydrogen-bond donors (Lipinski definition) is 0. The van der Waals surface area contributed by atoms with Crippen LogP contribution < -0.4 is 10.4 Å². The summed E-state index contributed by atoms with van der Waals surface area (Å²) in [6.07, 6.45) is 3.40. The van der Waals surface area contributed by atoms with Crippen LogP contribution in [-0.4, -0.2) is 22.0 Å². The van der Waals surface area contributed by atoms with Crippen molar-refractivity contribution in [3.05, 3.63) is 59.1 Å². The van der Waals surface area contributed by atoms with Gasteiger partial charge in [-0.3, -0.25) is 9.78 Å². The predicted molar refractivity (Wildman–Crippen MR) is 71.7 cm³/mol. The van der Waals surface area contributed by atoms with E-state index in [1.54, 1.807) is 18.5 Å². The zero-order valence-electron chi connectivity index (χ0n) is 10.3. The monoisotopic (exact) mass is 253 g/mol. The van der Waals surface area contributed by atoms with E-state index in [-0.39, 0.29) is 5.56 Å². The van der Waals surface area contributed by atoms with Crippen LogP contribution in [-0.2, 0) is 0 Å². The molecule has 0 amide bonds. The Hall–Kier alpha value is -2.69. The van der Waals surface area contributed by atoms with Gasteiger partial charge in [-0.05, 0) is 18.2 Å². The van der Waals surface area contributed by atoms with Crippen LogP contribution >= 0.6 is 0 Å². The van der Waals surface area contributed by atoms with Crippen LogP contribution in [0.1, 0.15) is 0 Å². The standard InChI is InChI=1S/C14H11N3O2/c1-19-17-14(18)12-7-3-2-6-11(12)13(16-17)10-5-4-8-15-9-10/h2-9H,1H3. The minimum absolute atomic E-state index is 0.272. The van der Waals surface area contributed by atoms with Crippen LogP contribution in [0.4, 0.5) is 0 Å². The highest BCUT2D eigenvalue weighted by molar-refractivity contribution is 5.93. The molecule has 3 rings (SSSR count). The summed E-state index contributed by atoms with van der Waals surface area (Å²) >= 11 is 0. The summed E-state index contributed by atoms with van der Waals surface area (Å²) in [5, 5.41) is 5.58. The molecule has 0 radical (unpaired) electrons. The average molecular weight is 253 g/mol. The highest BCUT2D eigenvalue weighted by Crippen LogP contribution is 2.23. The number of aromatic nitrogens is 3. The molecule has 0 aliphatic rings. The third-order valence-corrected chi connectivity index (χ3v) is 2.89. The van der Waals surface area contributed by atoms with Gasteiger partial charge < -0.3 is 4.84 Å². The first-order valence-corrected chi connectivity index (χ1v) is 5.78. The van der Waals surface area contributed by atoms with E-state index >= 15 is 0 Å². The first-order chi connectivity index (χ1) is 9.31. The Morgan fingerprint density at radius 3 is 2.58 bits per heavy atom. The number of nitrogens with zero attached hydrogens (tertiary/aromatic N) is 3. The van der Waals surface area contributed by atoms with E-state index in [9.17, 15) is 4.79 Å². The summed E-state index contributed by atoms with van der Waals surface area (Å²) in [6.45, 7) is 0. The molecule has 2 heterocycles. The van der Waals surface area contributed by atoms with Gasteiger partial charge in [-0.1, -0.05) is 23.0 Å².